The molecule has 1 aliphatic heterocycles. The van der Waals surface area contributed by atoms with Gasteiger partial charge in [0.25, 0.3) is 0 Å². The summed E-state index contributed by atoms with van der Waals surface area (Å²) in [5.41, 5.74) is -0.574. The number of hydrogen-bond donors (Lipinski definition) is 0. The second kappa shape index (κ2) is 9.61. The van der Waals surface area contributed by atoms with Crippen molar-refractivity contribution in [1.29, 1.82) is 0 Å². The van der Waals surface area contributed by atoms with Crippen molar-refractivity contribution >= 4 is 11.8 Å². The van der Waals surface area contributed by atoms with E-state index >= 15 is 0 Å². The van der Waals surface area contributed by atoms with Crippen molar-refractivity contribution in [2.24, 2.45) is 12.5 Å². The standard InChI is InChI=1S/C25H25F6N5S/c1-35-21(18-4-2-10-32-20(18)25(29,30)31)33-34-22(35)37-13-3-11-36-12-9-23(15-36)14-19(23)16-5-7-17(8-6-16)24(26,27)28/h2,4-8,10,19H,3,9,11-15H2,1H3. The summed E-state index contributed by atoms with van der Waals surface area (Å²) in [7, 11) is 1.64. The van der Waals surface area contributed by atoms with Gasteiger partial charge >= 0.3 is 12.4 Å². The molecule has 2 aromatic heterocycles. The van der Waals surface area contributed by atoms with E-state index in [1.165, 1.54) is 36.0 Å². The monoisotopic (exact) mass is 541 g/mol. The summed E-state index contributed by atoms with van der Waals surface area (Å²) in [6, 6.07) is 8.34. The molecule has 3 heterocycles. The van der Waals surface area contributed by atoms with Gasteiger partial charge < -0.3 is 9.47 Å². The van der Waals surface area contributed by atoms with Gasteiger partial charge in [-0.1, -0.05) is 23.9 Å². The first kappa shape index (κ1) is 26.0. The van der Waals surface area contributed by atoms with Crippen molar-refractivity contribution in [2.75, 3.05) is 25.4 Å². The highest BCUT2D eigenvalue weighted by Crippen LogP contribution is 2.64. The Morgan fingerprint density at radius 3 is 2.49 bits per heavy atom. The summed E-state index contributed by atoms with van der Waals surface area (Å²) in [4.78, 5) is 5.87. The number of alkyl halides is 6. The number of rotatable bonds is 7. The summed E-state index contributed by atoms with van der Waals surface area (Å²) < 4.78 is 80.1. The van der Waals surface area contributed by atoms with Crippen molar-refractivity contribution in [3.8, 4) is 11.4 Å². The molecule has 1 spiro atoms. The molecule has 198 valence electrons. The quantitative estimate of drug-likeness (QED) is 0.200. The lowest BCUT2D eigenvalue weighted by Gasteiger charge is -2.16. The Hall–Kier alpha value is -2.60. The maximum atomic E-state index is 13.3. The van der Waals surface area contributed by atoms with Crippen LogP contribution in [0.2, 0.25) is 0 Å². The van der Waals surface area contributed by atoms with E-state index in [1.807, 2.05) is 0 Å². The zero-order chi connectivity index (χ0) is 26.4. The average molecular weight is 542 g/mol. The van der Waals surface area contributed by atoms with Crippen LogP contribution < -0.4 is 0 Å². The molecule has 1 aliphatic carbocycles. The van der Waals surface area contributed by atoms with E-state index < -0.39 is 23.6 Å². The zero-order valence-corrected chi connectivity index (χ0v) is 20.8. The molecular weight excluding hydrogens is 516 g/mol. The summed E-state index contributed by atoms with van der Waals surface area (Å²) in [6.45, 7) is 2.76. The number of aromatic nitrogens is 4. The first-order chi connectivity index (χ1) is 17.5. The van der Waals surface area contributed by atoms with E-state index in [4.69, 9.17) is 0 Å². The summed E-state index contributed by atoms with van der Waals surface area (Å²) in [6.07, 6.45) is -4.90. The molecule has 3 aromatic rings. The number of likely N-dealkylation sites (tertiary alicyclic amines) is 1. The largest absolute Gasteiger partial charge is 0.434 e. The lowest BCUT2D eigenvalue weighted by molar-refractivity contribution is -0.140. The van der Waals surface area contributed by atoms with E-state index in [0.717, 1.165) is 56.4 Å². The van der Waals surface area contributed by atoms with Gasteiger partial charge in [0, 0.05) is 25.5 Å². The number of halogens is 6. The van der Waals surface area contributed by atoms with Crippen LogP contribution in [0.3, 0.4) is 0 Å². The number of thioether (sulfide) groups is 1. The van der Waals surface area contributed by atoms with Gasteiger partial charge in [0.15, 0.2) is 16.7 Å². The Morgan fingerprint density at radius 1 is 1.03 bits per heavy atom. The van der Waals surface area contributed by atoms with E-state index in [0.29, 0.717) is 11.1 Å². The van der Waals surface area contributed by atoms with Crippen LogP contribution in [0.15, 0.2) is 47.8 Å². The highest BCUT2D eigenvalue weighted by atomic mass is 32.2. The fraction of sp³-hybridized carbons (Fsp3) is 0.480. The molecule has 0 amide bonds. The molecule has 2 aliphatic rings. The lowest BCUT2D eigenvalue weighted by Crippen LogP contribution is -2.23. The van der Waals surface area contributed by atoms with Crippen molar-refractivity contribution in [3.05, 3.63) is 59.4 Å². The van der Waals surface area contributed by atoms with Crippen molar-refractivity contribution in [3.63, 3.8) is 0 Å². The Kier molecular flexibility index (Phi) is 6.76. The molecule has 1 aromatic carbocycles. The Balaban J connectivity index is 1.12. The third kappa shape index (κ3) is 5.36. The van der Waals surface area contributed by atoms with Gasteiger partial charge in [-0.25, -0.2) is 0 Å². The van der Waals surface area contributed by atoms with Gasteiger partial charge in [0.2, 0.25) is 0 Å². The highest BCUT2D eigenvalue weighted by molar-refractivity contribution is 7.99. The lowest BCUT2D eigenvalue weighted by atomic mass is 9.97. The molecular formula is C25H25F6N5S. The number of pyridine rings is 1. The molecule has 0 bridgehead atoms. The molecule has 2 unspecified atom stereocenters. The third-order valence-electron chi connectivity index (χ3n) is 7.30. The van der Waals surface area contributed by atoms with E-state index in [2.05, 4.69) is 20.1 Å². The van der Waals surface area contributed by atoms with Crippen LogP contribution in [0.5, 0.6) is 0 Å². The van der Waals surface area contributed by atoms with E-state index in [-0.39, 0.29) is 16.8 Å². The summed E-state index contributed by atoms with van der Waals surface area (Å²) in [5, 5.41) is 8.59. The van der Waals surface area contributed by atoms with Crippen LogP contribution in [-0.4, -0.2) is 50.0 Å². The van der Waals surface area contributed by atoms with Gasteiger partial charge in [-0.2, -0.15) is 26.3 Å². The molecule has 5 nitrogen and oxygen atoms in total. The van der Waals surface area contributed by atoms with Crippen LogP contribution in [0.25, 0.3) is 11.4 Å². The van der Waals surface area contributed by atoms with Crippen LogP contribution >= 0.6 is 11.8 Å². The second-order valence-corrected chi connectivity index (χ2v) is 10.8. The van der Waals surface area contributed by atoms with Crippen LogP contribution in [0.1, 0.15) is 42.0 Å². The van der Waals surface area contributed by atoms with Gasteiger partial charge in [-0.05, 0) is 73.5 Å². The fourth-order valence-electron chi connectivity index (χ4n) is 5.29. The molecule has 1 saturated carbocycles. The smallest absolute Gasteiger partial charge is 0.305 e. The maximum Gasteiger partial charge on any atom is 0.434 e. The van der Waals surface area contributed by atoms with Crippen LogP contribution in [0, 0.1) is 5.41 Å². The highest BCUT2D eigenvalue weighted by Gasteiger charge is 2.57. The average Bonchev–Trinajstić information content (AvgIpc) is 3.19. The minimum Gasteiger partial charge on any atom is -0.305 e. The summed E-state index contributed by atoms with van der Waals surface area (Å²) >= 11 is 1.44. The maximum absolute atomic E-state index is 13.3. The number of hydrogen-bond acceptors (Lipinski definition) is 5. The molecule has 2 fully saturated rings. The number of benzene rings is 1. The molecule has 12 heteroatoms. The van der Waals surface area contributed by atoms with Gasteiger partial charge in [-0.15, -0.1) is 10.2 Å². The predicted molar refractivity (Wildman–Crippen MR) is 127 cm³/mol. The molecule has 37 heavy (non-hydrogen) atoms. The van der Waals surface area contributed by atoms with Crippen molar-refractivity contribution < 1.29 is 26.3 Å². The molecule has 2 atom stereocenters. The molecule has 1 saturated heterocycles. The number of nitrogens with zero attached hydrogens (tertiary/aromatic N) is 5. The third-order valence-corrected chi connectivity index (χ3v) is 8.40. The minimum atomic E-state index is -4.59. The SMILES string of the molecule is Cn1c(SCCCN2CCC3(CC3c3ccc(C(F)(F)F)cc3)C2)nnc1-c1cccnc1C(F)(F)F. The molecule has 0 radical (unpaired) electrons. The van der Waals surface area contributed by atoms with Gasteiger partial charge in [0.05, 0.1) is 11.1 Å². The van der Waals surface area contributed by atoms with Crippen molar-refractivity contribution in [2.45, 2.75) is 42.7 Å². The zero-order valence-electron chi connectivity index (χ0n) is 20.0. The second-order valence-electron chi connectivity index (χ2n) is 9.73. The normalized spacial score (nSPS) is 22.2. The van der Waals surface area contributed by atoms with E-state index in [9.17, 15) is 26.3 Å². The summed E-state index contributed by atoms with van der Waals surface area (Å²) in [5.74, 6) is 1.16. The fourth-order valence-corrected chi connectivity index (χ4v) is 6.12. The minimum absolute atomic E-state index is 0.105. The van der Waals surface area contributed by atoms with Crippen LogP contribution in [0.4, 0.5) is 26.3 Å². The molecule has 0 N–H and O–H groups in total. The van der Waals surface area contributed by atoms with Crippen LogP contribution in [-0.2, 0) is 19.4 Å². The first-order valence-electron chi connectivity index (χ1n) is 11.9. The Morgan fingerprint density at radius 2 is 1.78 bits per heavy atom. The predicted octanol–water partition coefficient (Wildman–Crippen LogP) is 6.28. The topological polar surface area (TPSA) is 46.8 Å². The molecule has 5 rings (SSSR count). The van der Waals surface area contributed by atoms with Crippen molar-refractivity contribution in [1.82, 2.24) is 24.6 Å². The Labute approximate surface area is 214 Å². The first-order valence-corrected chi connectivity index (χ1v) is 12.9. The Bertz CT molecular complexity index is 1260. The van der Waals surface area contributed by atoms with E-state index in [1.54, 1.807) is 23.7 Å². The van der Waals surface area contributed by atoms with Gasteiger partial charge in [0.1, 0.15) is 0 Å². The van der Waals surface area contributed by atoms with Gasteiger partial charge in [-0.3, -0.25) is 4.98 Å².